The van der Waals surface area contributed by atoms with Crippen LogP contribution in [0, 0.1) is 6.92 Å². The molecule has 5 heteroatoms. The molecule has 0 aromatic heterocycles. The van der Waals surface area contributed by atoms with Crippen molar-refractivity contribution in [1.29, 1.82) is 0 Å². The van der Waals surface area contributed by atoms with Gasteiger partial charge in [-0.1, -0.05) is 48.0 Å². The highest BCUT2D eigenvalue weighted by Gasteiger charge is 2.50. The van der Waals surface area contributed by atoms with Crippen molar-refractivity contribution in [3.63, 3.8) is 0 Å². The van der Waals surface area contributed by atoms with Gasteiger partial charge < -0.3 is 0 Å². The molecule has 0 unspecified atom stereocenters. The molecule has 1 aliphatic heterocycles. The Kier molecular flexibility index (Phi) is 4.08. The maximum Gasteiger partial charge on any atom is 0.207 e. The van der Waals surface area contributed by atoms with Crippen molar-refractivity contribution < 1.29 is 8.42 Å². The van der Waals surface area contributed by atoms with Crippen LogP contribution >= 0.6 is 23.5 Å². The Morgan fingerprint density at radius 1 is 0.905 bits per heavy atom. The Morgan fingerprint density at radius 3 is 2.05 bits per heavy atom. The molecule has 3 rings (SSSR count). The number of sulfone groups is 1. The average molecular weight is 337 g/mol. The molecule has 0 spiro atoms. The van der Waals surface area contributed by atoms with Crippen LogP contribution in [0.2, 0.25) is 0 Å². The van der Waals surface area contributed by atoms with Crippen LogP contribution in [-0.2, 0) is 13.2 Å². The van der Waals surface area contributed by atoms with E-state index in [-0.39, 0.29) is 0 Å². The van der Waals surface area contributed by atoms with Crippen molar-refractivity contribution in [3.05, 3.63) is 65.7 Å². The van der Waals surface area contributed by atoms with Gasteiger partial charge in [0.2, 0.25) is 9.84 Å². The van der Waals surface area contributed by atoms with Gasteiger partial charge in [-0.05, 0) is 24.6 Å². The molecule has 2 nitrogen and oxygen atoms in total. The van der Waals surface area contributed by atoms with Gasteiger partial charge >= 0.3 is 0 Å². The van der Waals surface area contributed by atoms with Crippen molar-refractivity contribution in [1.82, 2.24) is 0 Å². The average Bonchev–Trinajstić information content (AvgIpc) is 3.00. The van der Waals surface area contributed by atoms with E-state index in [0.717, 1.165) is 22.6 Å². The van der Waals surface area contributed by atoms with E-state index < -0.39 is 13.2 Å². The van der Waals surface area contributed by atoms with Crippen molar-refractivity contribution >= 4 is 33.4 Å². The minimum Gasteiger partial charge on any atom is -0.221 e. The van der Waals surface area contributed by atoms with Gasteiger partial charge in [0.1, 0.15) is 0 Å². The lowest BCUT2D eigenvalue weighted by molar-refractivity contribution is 0.591. The molecule has 21 heavy (non-hydrogen) atoms. The van der Waals surface area contributed by atoms with E-state index in [1.54, 1.807) is 12.1 Å². The molecule has 0 saturated carbocycles. The highest BCUT2D eigenvalue weighted by molar-refractivity contribution is 8.32. The Hall–Kier alpha value is -0.910. The van der Waals surface area contributed by atoms with Crippen molar-refractivity contribution in [3.8, 4) is 0 Å². The van der Waals surface area contributed by atoms with E-state index in [9.17, 15) is 8.42 Å². The maximum absolute atomic E-state index is 13.2. The molecule has 2 aromatic carbocycles. The molecule has 0 radical (unpaired) electrons. The Morgan fingerprint density at radius 2 is 1.48 bits per heavy atom. The summed E-state index contributed by atoms with van der Waals surface area (Å²) < 4.78 is 25.5. The van der Waals surface area contributed by atoms with Crippen molar-refractivity contribution in [2.24, 2.45) is 0 Å². The van der Waals surface area contributed by atoms with Crippen LogP contribution in [0.1, 0.15) is 11.1 Å². The first-order valence-corrected chi connectivity index (χ1v) is 10.2. The van der Waals surface area contributed by atoms with Crippen LogP contribution in [0.15, 0.2) is 59.5 Å². The van der Waals surface area contributed by atoms with E-state index in [1.807, 2.05) is 49.4 Å². The standard InChI is InChI=1S/C16H16O2S3/c1-13-7-9-15(10-8-13)21(17,18)16(19-11-12-20-16)14-5-3-2-4-6-14/h2-10H,11-12H2,1H3. The number of hydrogen-bond donors (Lipinski definition) is 0. The van der Waals surface area contributed by atoms with Crippen LogP contribution < -0.4 is 0 Å². The van der Waals surface area contributed by atoms with E-state index in [4.69, 9.17) is 0 Å². The summed E-state index contributed by atoms with van der Waals surface area (Å²) in [6.45, 7) is 1.96. The zero-order valence-electron chi connectivity index (χ0n) is 11.7. The minimum absolute atomic E-state index is 0.402. The van der Waals surface area contributed by atoms with Gasteiger partial charge in [-0.3, -0.25) is 0 Å². The molecule has 0 bridgehead atoms. The number of thioether (sulfide) groups is 2. The Balaban J connectivity index is 2.15. The first-order chi connectivity index (χ1) is 10.1. The van der Waals surface area contributed by atoms with Crippen LogP contribution in [0.3, 0.4) is 0 Å². The van der Waals surface area contributed by atoms with E-state index in [1.165, 1.54) is 23.5 Å². The third-order valence-corrected chi connectivity index (χ3v) is 10.4. The second kappa shape index (κ2) is 5.71. The summed E-state index contributed by atoms with van der Waals surface area (Å²) in [5, 5.41) is 0. The number of hydrogen-bond acceptors (Lipinski definition) is 4. The molecule has 1 aliphatic rings. The first-order valence-electron chi connectivity index (χ1n) is 6.71. The van der Waals surface area contributed by atoms with E-state index >= 15 is 0 Å². The number of benzene rings is 2. The zero-order valence-corrected chi connectivity index (χ0v) is 14.1. The second-order valence-corrected chi connectivity index (χ2v) is 10.4. The van der Waals surface area contributed by atoms with Gasteiger partial charge in [0.05, 0.1) is 4.90 Å². The Labute approximate surface area is 134 Å². The quantitative estimate of drug-likeness (QED) is 0.846. The molecule has 1 saturated heterocycles. The fourth-order valence-corrected chi connectivity index (χ4v) is 8.60. The SMILES string of the molecule is Cc1ccc(S(=O)(=O)C2(c3ccccc3)SCCS2)cc1. The molecule has 0 N–H and O–H groups in total. The predicted octanol–water partition coefficient (Wildman–Crippen LogP) is 4.06. The lowest BCUT2D eigenvalue weighted by Gasteiger charge is -2.27. The van der Waals surface area contributed by atoms with E-state index in [2.05, 4.69) is 0 Å². The highest BCUT2D eigenvalue weighted by atomic mass is 32.3. The molecule has 2 aromatic rings. The van der Waals surface area contributed by atoms with Crippen LogP contribution in [0.4, 0.5) is 0 Å². The van der Waals surface area contributed by atoms with Crippen LogP contribution in [0.25, 0.3) is 0 Å². The fourth-order valence-electron chi connectivity index (χ4n) is 2.39. The third kappa shape index (κ3) is 2.51. The molecule has 0 aliphatic carbocycles. The topological polar surface area (TPSA) is 34.1 Å². The molecular weight excluding hydrogens is 320 g/mol. The largest absolute Gasteiger partial charge is 0.221 e. The first kappa shape index (κ1) is 15.0. The zero-order chi connectivity index (χ0) is 14.9. The van der Waals surface area contributed by atoms with E-state index in [0.29, 0.717) is 4.90 Å². The predicted molar refractivity (Wildman–Crippen MR) is 91.4 cm³/mol. The smallest absolute Gasteiger partial charge is 0.207 e. The van der Waals surface area contributed by atoms with Gasteiger partial charge in [0, 0.05) is 11.5 Å². The second-order valence-electron chi connectivity index (χ2n) is 4.94. The van der Waals surface area contributed by atoms with Crippen LogP contribution in [0.5, 0.6) is 0 Å². The van der Waals surface area contributed by atoms with Gasteiger partial charge in [0.15, 0.2) is 3.41 Å². The molecule has 110 valence electrons. The van der Waals surface area contributed by atoms with Crippen molar-refractivity contribution in [2.75, 3.05) is 11.5 Å². The fraction of sp³-hybridized carbons (Fsp3) is 0.250. The number of aryl methyl sites for hydroxylation is 1. The van der Waals surface area contributed by atoms with Gasteiger partial charge in [-0.15, -0.1) is 23.5 Å². The van der Waals surface area contributed by atoms with Crippen molar-refractivity contribution in [2.45, 2.75) is 15.2 Å². The third-order valence-electron chi connectivity index (χ3n) is 3.48. The van der Waals surface area contributed by atoms with Gasteiger partial charge in [-0.2, -0.15) is 0 Å². The van der Waals surface area contributed by atoms with Gasteiger partial charge in [-0.25, -0.2) is 8.42 Å². The Bertz CT molecular complexity index is 716. The summed E-state index contributed by atoms with van der Waals surface area (Å²) in [6, 6.07) is 16.7. The molecule has 1 fully saturated rings. The number of rotatable bonds is 3. The van der Waals surface area contributed by atoms with Crippen LogP contribution in [-0.4, -0.2) is 19.9 Å². The minimum atomic E-state index is -3.44. The van der Waals surface area contributed by atoms with Gasteiger partial charge in [0.25, 0.3) is 0 Å². The maximum atomic E-state index is 13.2. The summed E-state index contributed by atoms with van der Waals surface area (Å²) in [6.07, 6.45) is 0. The summed E-state index contributed by atoms with van der Waals surface area (Å²) >= 11 is 3.05. The molecule has 0 atom stereocenters. The summed E-state index contributed by atoms with van der Waals surface area (Å²) in [5.41, 5.74) is 1.92. The highest BCUT2D eigenvalue weighted by Crippen LogP contribution is 2.57. The molecular formula is C16H16O2S3. The molecule has 0 amide bonds. The summed E-state index contributed by atoms with van der Waals surface area (Å²) in [7, 11) is -3.44. The summed E-state index contributed by atoms with van der Waals surface area (Å²) in [4.78, 5) is 0.402. The monoisotopic (exact) mass is 336 g/mol. The lowest BCUT2D eigenvalue weighted by atomic mass is 10.2. The molecule has 1 heterocycles. The lowest BCUT2D eigenvalue weighted by Crippen LogP contribution is -2.27. The normalized spacial score (nSPS) is 17.8. The summed E-state index contributed by atoms with van der Waals surface area (Å²) in [5.74, 6) is 1.70.